The van der Waals surface area contributed by atoms with Gasteiger partial charge < -0.3 is 15.0 Å². The van der Waals surface area contributed by atoms with Gasteiger partial charge in [0.2, 0.25) is 5.91 Å². The Balaban J connectivity index is 1.55. The quantitative estimate of drug-likeness (QED) is 0.585. The maximum Gasteiger partial charge on any atom is 0.221 e. The summed E-state index contributed by atoms with van der Waals surface area (Å²) in [6.07, 6.45) is 3.72. The number of morpholine rings is 1. The maximum absolute atomic E-state index is 12.4. The number of carbonyl (C=O) groups is 1. The van der Waals surface area contributed by atoms with Gasteiger partial charge >= 0.3 is 0 Å². The van der Waals surface area contributed by atoms with E-state index in [-0.39, 0.29) is 11.9 Å². The summed E-state index contributed by atoms with van der Waals surface area (Å²) in [5.41, 5.74) is 0.884. The molecule has 1 aliphatic carbocycles. The molecule has 174 valence electrons. The SMILES string of the molecule is CC(C)NC(=O)CCN(CCCN1CCOCC1)c1nc(C2CC2)nc2cc(Cl)ccc12. The van der Waals surface area contributed by atoms with Crippen molar-refractivity contribution in [1.82, 2.24) is 20.2 Å². The zero-order valence-corrected chi connectivity index (χ0v) is 19.9. The summed E-state index contributed by atoms with van der Waals surface area (Å²) in [7, 11) is 0. The van der Waals surface area contributed by atoms with Crippen molar-refractivity contribution in [1.29, 1.82) is 0 Å². The van der Waals surface area contributed by atoms with Crippen molar-refractivity contribution in [3.8, 4) is 0 Å². The summed E-state index contributed by atoms with van der Waals surface area (Å²) in [4.78, 5) is 26.9. The van der Waals surface area contributed by atoms with Crippen molar-refractivity contribution in [2.75, 3.05) is 50.8 Å². The van der Waals surface area contributed by atoms with Gasteiger partial charge in [-0.1, -0.05) is 11.6 Å². The number of hydrogen-bond donors (Lipinski definition) is 1. The molecule has 0 atom stereocenters. The van der Waals surface area contributed by atoms with Crippen molar-refractivity contribution in [2.45, 2.75) is 51.5 Å². The lowest BCUT2D eigenvalue weighted by molar-refractivity contribution is -0.121. The van der Waals surface area contributed by atoms with Crippen LogP contribution in [0.3, 0.4) is 0 Å². The highest BCUT2D eigenvalue weighted by Crippen LogP contribution is 2.40. The van der Waals surface area contributed by atoms with Crippen LogP contribution >= 0.6 is 11.6 Å². The molecule has 0 spiro atoms. The third-order valence-electron chi connectivity index (χ3n) is 5.96. The molecule has 8 heteroatoms. The van der Waals surface area contributed by atoms with Crippen molar-refractivity contribution in [2.24, 2.45) is 0 Å². The van der Waals surface area contributed by atoms with Gasteiger partial charge in [0.05, 0.1) is 18.7 Å². The zero-order valence-electron chi connectivity index (χ0n) is 19.1. The number of amides is 1. The van der Waals surface area contributed by atoms with Crippen molar-refractivity contribution in [3.05, 3.63) is 29.0 Å². The van der Waals surface area contributed by atoms with Crippen LogP contribution in [-0.2, 0) is 9.53 Å². The van der Waals surface area contributed by atoms with Gasteiger partial charge in [-0.2, -0.15) is 0 Å². The molecule has 0 bridgehead atoms. The Morgan fingerprint density at radius 2 is 2.03 bits per heavy atom. The first-order valence-electron chi connectivity index (χ1n) is 11.8. The number of nitrogens with one attached hydrogen (secondary N) is 1. The first kappa shape index (κ1) is 23.2. The van der Waals surface area contributed by atoms with Crippen molar-refractivity contribution >= 4 is 34.2 Å². The van der Waals surface area contributed by atoms with E-state index in [9.17, 15) is 4.79 Å². The number of hydrogen-bond acceptors (Lipinski definition) is 6. The molecule has 32 heavy (non-hydrogen) atoms. The largest absolute Gasteiger partial charge is 0.379 e. The van der Waals surface area contributed by atoms with E-state index in [1.54, 1.807) is 0 Å². The molecule has 2 fully saturated rings. The van der Waals surface area contributed by atoms with E-state index in [1.807, 2.05) is 32.0 Å². The third-order valence-corrected chi connectivity index (χ3v) is 6.20. The number of fused-ring (bicyclic) bond motifs is 1. The fraction of sp³-hybridized carbons (Fsp3) is 0.625. The van der Waals surface area contributed by atoms with Gasteiger partial charge in [-0.15, -0.1) is 0 Å². The van der Waals surface area contributed by atoms with Gasteiger partial charge in [0.25, 0.3) is 0 Å². The average Bonchev–Trinajstić information content (AvgIpc) is 3.61. The number of nitrogens with zero attached hydrogens (tertiary/aromatic N) is 4. The number of halogens is 1. The van der Waals surface area contributed by atoms with E-state index in [1.165, 1.54) is 0 Å². The Labute approximate surface area is 195 Å². The molecule has 1 N–H and O–H groups in total. The maximum atomic E-state index is 12.4. The Morgan fingerprint density at radius 3 is 2.75 bits per heavy atom. The zero-order chi connectivity index (χ0) is 22.5. The molecule has 1 aromatic heterocycles. The van der Waals surface area contributed by atoms with Gasteiger partial charge in [-0.05, 0) is 51.3 Å². The molecule has 4 rings (SSSR count). The topological polar surface area (TPSA) is 70.6 Å². The lowest BCUT2D eigenvalue weighted by atomic mass is 10.2. The molecule has 0 radical (unpaired) electrons. The van der Waals surface area contributed by atoms with E-state index in [0.29, 0.717) is 23.9 Å². The summed E-state index contributed by atoms with van der Waals surface area (Å²) in [6, 6.07) is 5.96. The molecular weight excluding hydrogens is 426 g/mol. The molecule has 7 nitrogen and oxygen atoms in total. The van der Waals surface area contributed by atoms with Crippen LogP contribution in [0.1, 0.15) is 51.3 Å². The monoisotopic (exact) mass is 459 g/mol. The van der Waals surface area contributed by atoms with E-state index < -0.39 is 0 Å². The highest BCUT2D eigenvalue weighted by molar-refractivity contribution is 6.31. The molecule has 1 amide bonds. The average molecular weight is 460 g/mol. The van der Waals surface area contributed by atoms with Gasteiger partial charge in [0.15, 0.2) is 0 Å². The number of rotatable bonds is 10. The van der Waals surface area contributed by atoms with Gasteiger partial charge in [-0.3, -0.25) is 9.69 Å². The van der Waals surface area contributed by atoms with Gasteiger partial charge in [-0.25, -0.2) is 9.97 Å². The lowest BCUT2D eigenvalue weighted by Crippen LogP contribution is -2.39. The smallest absolute Gasteiger partial charge is 0.221 e. The molecule has 1 saturated heterocycles. The second-order valence-electron chi connectivity index (χ2n) is 9.11. The Morgan fingerprint density at radius 1 is 1.25 bits per heavy atom. The number of ether oxygens (including phenoxy) is 1. The minimum Gasteiger partial charge on any atom is -0.379 e. The van der Waals surface area contributed by atoms with Crippen LogP contribution in [0.2, 0.25) is 5.02 Å². The van der Waals surface area contributed by atoms with E-state index in [0.717, 1.165) is 81.2 Å². The number of carbonyl (C=O) groups excluding carboxylic acids is 1. The lowest BCUT2D eigenvalue weighted by Gasteiger charge is -2.29. The summed E-state index contributed by atoms with van der Waals surface area (Å²) < 4.78 is 5.47. The normalized spacial score (nSPS) is 17.1. The summed E-state index contributed by atoms with van der Waals surface area (Å²) in [5.74, 6) is 2.34. The Bertz CT molecular complexity index is 928. The number of anilines is 1. The predicted octanol–water partition coefficient (Wildman–Crippen LogP) is 3.60. The summed E-state index contributed by atoms with van der Waals surface area (Å²) in [6.45, 7) is 10.0. The molecule has 2 heterocycles. The van der Waals surface area contributed by atoms with Crippen LogP contribution in [0.15, 0.2) is 18.2 Å². The first-order chi connectivity index (χ1) is 15.5. The molecule has 1 saturated carbocycles. The molecule has 2 aliphatic rings. The fourth-order valence-corrected chi connectivity index (χ4v) is 4.30. The van der Waals surface area contributed by atoms with Crippen LogP contribution in [0, 0.1) is 0 Å². The minimum absolute atomic E-state index is 0.0713. The summed E-state index contributed by atoms with van der Waals surface area (Å²) >= 11 is 6.28. The van der Waals surface area contributed by atoms with Crippen molar-refractivity contribution in [3.63, 3.8) is 0 Å². The third kappa shape index (κ3) is 6.30. The second kappa shape index (κ2) is 10.8. The molecule has 0 unspecified atom stereocenters. The van der Waals surface area contributed by atoms with Crippen LogP contribution < -0.4 is 10.2 Å². The predicted molar refractivity (Wildman–Crippen MR) is 129 cm³/mol. The van der Waals surface area contributed by atoms with E-state index in [2.05, 4.69) is 15.1 Å². The Kier molecular flexibility index (Phi) is 7.81. The van der Waals surface area contributed by atoms with Gasteiger partial charge in [0, 0.05) is 61.5 Å². The molecule has 1 aromatic carbocycles. The highest BCUT2D eigenvalue weighted by Gasteiger charge is 2.28. The van der Waals surface area contributed by atoms with E-state index in [4.69, 9.17) is 26.3 Å². The van der Waals surface area contributed by atoms with Crippen molar-refractivity contribution < 1.29 is 9.53 Å². The molecule has 2 aromatic rings. The fourth-order valence-electron chi connectivity index (χ4n) is 4.13. The molecule has 1 aliphatic heterocycles. The Hall–Kier alpha value is -1.96. The standard InChI is InChI=1S/C24H34ClN5O2/c1-17(2)26-22(31)8-11-30(10-3-9-29-12-14-32-15-13-29)24-20-7-6-19(25)16-21(20)27-23(28-24)18-4-5-18/h6-7,16-18H,3-5,8-15H2,1-2H3,(H,26,31). The highest BCUT2D eigenvalue weighted by atomic mass is 35.5. The van der Waals surface area contributed by atoms with Crippen LogP contribution in [0.25, 0.3) is 10.9 Å². The van der Waals surface area contributed by atoms with Crippen LogP contribution in [-0.4, -0.2) is 72.8 Å². The van der Waals surface area contributed by atoms with E-state index >= 15 is 0 Å². The number of aromatic nitrogens is 2. The van der Waals surface area contributed by atoms with Crippen LogP contribution in [0.4, 0.5) is 5.82 Å². The summed E-state index contributed by atoms with van der Waals surface area (Å²) in [5, 5.41) is 4.68. The number of benzene rings is 1. The molecular formula is C24H34ClN5O2. The van der Waals surface area contributed by atoms with Gasteiger partial charge in [0.1, 0.15) is 11.6 Å². The minimum atomic E-state index is 0.0713. The van der Waals surface area contributed by atoms with Crippen LogP contribution in [0.5, 0.6) is 0 Å². The first-order valence-corrected chi connectivity index (χ1v) is 12.2. The second-order valence-corrected chi connectivity index (χ2v) is 9.54.